The summed E-state index contributed by atoms with van der Waals surface area (Å²) in [5.74, 6) is 0.686. The minimum atomic E-state index is 0.0433. The molecule has 3 aromatic rings. The van der Waals surface area contributed by atoms with Gasteiger partial charge >= 0.3 is 0 Å². The van der Waals surface area contributed by atoms with E-state index in [0.717, 1.165) is 27.5 Å². The molecule has 0 N–H and O–H groups in total. The molecule has 0 saturated heterocycles. The van der Waals surface area contributed by atoms with Crippen molar-refractivity contribution in [2.45, 2.75) is 0 Å². The number of fused-ring (bicyclic) bond motifs is 2. The maximum Gasteiger partial charge on any atom is 0.198 e. The molecule has 1 aliphatic carbocycles. The Balaban J connectivity index is 2.26. The second-order valence-electron chi connectivity index (χ2n) is 4.92. The molecule has 2 heteroatoms. The van der Waals surface area contributed by atoms with Crippen LogP contribution < -0.4 is 4.74 Å². The third kappa shape index (κ3) is 1.31. The Morgan fingerprint density at radius 3 is 2.35 bits per heavy atom. The third-order valence-corrected chi connectivity index (χ3v) is 3.92. The fraction of sp³-hybridized carbons (Fsp3) is 0.0556. The second kappa shape index (κ2) is 3.94. The summed E-state index contributed by atoms with van der Waals surface area (Å²) in [5, 5.41) is 2.07. The predicted octanol–water partition coefficient (Wildman–Crippen LogP) is 4.06. The summed E-state index contributed by atoms with van der Waals surface area (Å²) < 4.78 is 5.40. The van der Waals surface area contributed by atoms with Crippen LogP contribution in [0.25, 0.3) is 21.9 Å². The van der Waals surface area contributed by atoms with Crippen molar-refractivity contribution in [1.82, 2.24) is 0 Å². The molecule has 1 aliphatic rings. The number of carbonyl (C=O) groups is 1. The molecular weight excluding hydrogens is 248 g/mol. The van der Waals surface area contributed by atoms with Gasteiger partial charge in [-0.2, -0.15) is 0 Å². The average Bonchev–Trinajstić information content (AvgIpc) is 2.52. The number of benzene rings is 3. The van der Waals surface area contributed by atoms with Crippen molar-refractivity contribution >= 4 is 16.6 Å². The summed E-state index contributed by atoms with van der Waals surface area (Å²) >= 11 is 0. The molecular formula is C18H12O2. The van der Waals surface area contributed by atoms with E-state index >= 15 is 0 Å². The molecule has 0 heterocycles. The molecule has 0 atom stereocenters. The molecule has 4 rings (SSSR count). The van der Waals surface area contributed by atoms with E-state index in [9.17, 15) is 4.79 Å². The van der Waals surface area contributed by atoms with Crippen molar-refractivity contribution < 1.29 is 9.53 Å². The SMILES string of the molecule is COc1ccc2cccc3c2c1C(=O)c1ccccc1-3. The van der Waals surface area contributed by atoms with Crippen molar-refractivity contribution in [3.05, 3.63) is 65.7 Å². The van der Waals surface area contributed by atoms with Gasteiger partial charge in [0.1, 0.15) is 5.75 Å². The average molecular weight is 260 g/mol. The first-order valence-corrected chi connectivity index (χ1v) is 6.55. The quantitative estimate of drug-likeness (QED) is 0.516. The highest BCUT2D eigenvalue weighted by molar-refractivity contribution is 6.27. The second-order valence-corrected chi connectivity index (χ2v) is 4.92. The number of ether oxygens (including phenoxy) is 1. The Kier molecular flexibility index (Phi) is 2.21. The highest BCUT2D eigenvalue weighted by Gasteiger charge is 2.27. The zero-order chi connectivity index (χ0) is 13.7. The number of ketones is 1. The van der Waals surface area contributed by atoms with E-state index in [1.165, 1.54) is 0 Å². The molecule has 0 fully saturated rings. The molecule has 20 heavy (non-hydrogen) atoms. The lowest BCUT2D eigenvalue weighted by Crippen LogP contribution is -2.11. The molecule has 0 saturated carbocycles. The van der Waals surface area contributed by atoms with Crippen molar-refractivity contribution in [3.8, 4) is 16.9 Å². The molecule has 0 aliphatic heterocycles. The van der Waals surface area contributed by atoms with Crippen LogP contribution in [0.2, 0.25) is 0 Å². The zero-order valence-corrected chi connectivity index (χ0v) is 11.0. The molecule has 2 nitrogen and oxygen atoms in total. The van der Waals surface area contributed by atoms with Crippen LogP contribution in [-0.2, 0) is 0 Å². The van der Waals surface area contributed by atoms with Gasteiger partial charge in [0, 0.05) is 10.9 Å². The summed E-state index contributed by atoms with van der Waals surface area (Å²) in [4.78, 5) is 12.8. The normalized spacial score (nSPS) is 12.3. The number of hydrogen-bond donors (Lipinski definition) is 0. The minimum Gasteiger partial charge on any atom is -0.496 e. The largest absolute Gasteiger partial charge is 0.496 e. The van der Waals surface area contributed by atoms with Gasteiger partial charge in [-0.15, -0.1) is 0 Å². The van der Waals surface area contributed by atoms with Crippen molar-refractivity contribution in [3.63, 3.8) is 0 Å². The number of hydrogen-bond acceptors (Lipinski definition) is 2. The predicted molar refractivity (Wildman–Crippen MR) is 79.4 cm³/mol. The van der Waals surface area contributed by atoms with Crippen LogP contribution in [-0.4, -0.2) is 12.9 Å². The van der Waals surface area contributed by atoms with E-state index < -0.39 is 0 Å². The molecule has 96 valence electrons. The van der Waals surface area contributed by atoms with Crippen LogP contribution in [0.1, 0.15) is 15.9 Å². The van der Waals surface area contributed by atoms with Gasteiger partial charge in [0.2, 0.25) is 0 Å². The van der Waals surface area contributed by atoms with Gasteiger partial charge < -0.3 is 4.74 Å². The van der Waals surface area contributed by atoms with Gasteiger partial charge in [-0.1, -0.05) is 48.5 Å². The lowest BCUT2D eigenvalue weighted by Gasteiger charge is -2.21. The Labute approximate surface area is 116 Å². The van der Waals surface area contributed by atoms with Crippen LogP contribution in [0.15, 0.2) is 54.6 Å². The first-order valence-electron chi connectivity index (χ1n) is 6.55. The fourth-order valence-electron chi connectivity index (χ4n) is 3.03. The van der Waals surface area contributed by atoms with E-state index in [-0.39, 0.29) is 5.78 Å². The van der Waals surface area contributed by atoms with Crippen LogP contribution in [0.3, 0.4) is 0 Å². The number of rotatable bonds is 1. The first-order chi connectivity index (χ1) is 9.81. The number of carbonyl (C=O) groups excluding carboxylic acids is 1. The Morgan fingerprint density at radius 2 is 1.55 bits per heavy atom. The Hall–Kier alpha value is -2.61. The fourth-order valence-corrected chi connectivity index (χ4v) is 3.03. The van der Waals surface area contributed by atoms with E-state index in [1.807, 2.05) is 48.5 Å². The summed E-state index contributed by atoms with van der Waals surface area (Å²) in [7, 11) is 1.61. The Bertz CT molecular complexity index is 862. The van der Waals surface area contributed by atoms with Crippen LogP contribution in [0.5, 0.6) is 5.75 Å². The van der Waals surface area contributed by atoms with E-state index in [1.54, 1.807) is 7.11 Å². The van der Waals surface area contributed by atoms with Gasteiger partial charge in [0.15, 0.2) is 5.78 Å². The number of methoxy groups -OCH3 is 1. The molecule has 0 amide bonds. The highest BCUT2D eigenvalue weighted by Crippen LogP contribution is 2.42. The van der Waals surface area contributed by atoms with Gasteiger partial charge in [-0.05, 0) is 22.6 Å². The highest BCUT2D eigenvalue weighted by atomic mass is 16.5. The van der Waals surface area contributed by atoms with Gasteiger partial charge in [0.25, 0.3) is 0 Å². The molecule has 0 bridgehead atoms. The molecule has 0 radical (unpaired) electrons. The topological polar surface area (TPSA) is 26.3 Å². The molecule has 0 unspecified atom stereocenters. The van der Waals surface area contributed by atoms with Crippen molar-refractivity contribution in [2.24, 2.45) is 0 Å². The van der Waals surface area contributed by atoms with Crippen LogP contribution in [0, 0.1) is 0 Å². The van der Waals surface area contributed by atoms with Crippen LogP contribution in [0.4, 0.5) is 0 Å². The third-order valence-electron chi connectivity index (χ3n) is 3.92. The van der Waals surface area contributed by atoms with Gasteiger partial charge in [-0.25, -0.2) is 0 Å². The standard InChI is InChI=1S/C18H12O2/c1-20-15-10-9-11-5-4-8-13-12-6-2-3-7-14(12)18(19)17(15)16(11)13/h2-10H,1H3. The van der Waals surface area contributed by atoms with Crippen molar-refractivity contribution in [1.29, 1.82) is 0 Å². The lowest BCUT2D eigenvalue weighted by molar-refractivity contribution is 0.103. The van der Waals surface area contributed by atoms with E-state index in [0.29, 0.717) is 11.3 Å². The monoisotopic (exact) mass is 260 g/mol. The van der Waals surface area contributed by atoms with E-state index in [4.69, 9.17) is 4.74 Å². The van der Waals surface area contributed by atoms with Crippen LogP contribution >= 0.6 is 0 Å². The summed E-state index contributed by atoms with van der Waals surface area (Å²) in [6.45, 7) is 0. The summed E-state index contributed by atoms with van der Waals surface area (Å²) in [6, 6.07) is 17.7. The zero-order valence-electron chi connectivity index (χ0n) is 11.0. The van der Waals surface area contributed by atoms with E-state index in [2.05, 4.69) is 6.07 Å². The molecule has 0 spiro atoms. The van der Waals surface area contributed by atoms with Gasteiger partial charge in [0.05, 0.1) is 12.7 Å². The maximum absolute atomic E-state index is 12.8. The molecule has 3 aromatic carbocycles. The van der Waals surface area contributed by atoms with Gasteiger partial charge in [-0.3, -0.25) is 4.79 Å². The lowest BCUT2D eigenvalue weighted by atomic mass is 9.82. The Morgan fingerprint density at radius 1 is 0.800 bits per heavy atom. The summed E-state index contributed by atoms with van der Waals surface area (Å²) in [6.07, 6.45) is 0. The summed E-state index contributed by atoms with van der Waals surface area (Å²) in [5.41, 5.74) is 3.53. The maximum atomic E-state index is 12.8. The molecule has 0 aromatic heterocycles. The minimum absolute atomic E-state index is 0.0433. The first kappa shape index (κ1) is 11.2. The van der Waals surface area contributed by atoms with Crippen molar-refractivity contribution in [2.75, 3.05) is 7.11 Å². The smallest absolute Gasteiger partial charge is 0.198 e.